The van der Waals surface area contributed by atoms with Crippen molar-refractivity contribution in [1.29, 1.82) is 0 Å². The maximum Gasteiger partial charge on any atom is 0.160 e. The van der Waals surface area contributed by atoms with E-state index in [1.54, 1.807) is 13.2 Å². The molecule has 3 aliphatic carbocycles. The number of aliphatic hydroxyl groups is 1. The number of phenols is 2. The highest BCUT2D eigenvalue weighted by molar-refractivity contribution is 5.90. The van der Waals surface area contributed by atoms with Crippen molar-refractivity contribution >= 4 is 17.0 Å². The molecule has 10 rings (SSSR count). The number of benzene rings is 4. The number of phenolic OH excluding ortho intramolecular Hbond substituents is 2. The summed E-state index contributed by atoms with van der Waals surface area (Å²) in [6, 6.07) is 18.6. The SMILES string of the molecule is CNCC1=Cc2c(O)ccc3c2[C@H](Cc2c4c(c5c(c2-3)O[C@@H](CO)CC5)O[C@H](c2ccc(O)c(OC)c2)[C@H](OCNC2CCCC2)C4)[C@H]1c1ccc2[nH]ccc2c1. The number of rotatable bonds is 10. The fraction of sp³-hybridized carbons (Fsp3) is 0.404. The van der Waals surface area contributed by atoms with Crippen LogP contribution in [0.25, 0.3) is 28.1 Å². The van der Waals surface area contributed by atoms with Crippen molar-refractivity contribution in [1.82, 2.24) is 15.6 Å². The first-order chi connectivity index (χ1) is 27.9. The third kappa shape index (κ3) is 6.16. The Morgan fingerprint density at radius 3 is 2.54 bits per heavy atom. The second-order valence-corrected chi connectivity index (χ2v) is 16.5. The quantitative estimate of drug-likeness (QED) is 0.0797. The van der Waals surface area contributed by atoms with Crippen molar-refractivity contribution in [3.63, 3.8) is 0 Å². The summed E-state index contributed by atoms with van der Waals surface area (Å²) >= 11 is 0. The van der Waals surface area contributed by atoms with Crippen LogP contribution in [0, 0.1) is 0 Å². The molecule has 3 heterocycles. The highest BCUT2D eigenvalue weighted by atomic mass is 16.6. The van der Waals surface area contributed by atoms with Crippen LogP contribution < -0.4 is 24.8 Å². The van der Waals surface area contributed by atoms with Gasteiger partial charge in [0.15, 0.2) is 17.6 Å². The van der Waals surface area contributed by atoms with Crippen LogP contribution in [-0.4, -0.2) is 72.6 Å². The van der Waals surface area contributed by atoms with Gasteiger partial charge in [0, 0.05) is 58.9 Å². The van der Waals surface area contributed by atoms with E-state index in [4.69, 9.17) is 18.9 Å². The van der Waals surface area contributed by atoms with Gasteiger partial charge in [-0.1, -0.05) is 31.0 Å². The van der Waals surface area contributed by atoms with E-state index in [0.717, 1.165) is 68.8 Å². The molecule has 1 aromatic heterocycles. The maximum absolute atomic E-state index is 11.5. The molecule has 4 aromatic carbocycles. The minimum Gasteiger partial charge on any atom is -0.507 e. The molecule has 0 spiro atoms. The normalized spacial score (nSPS) is 23.5. The largest absolute Gasteiger partial charge is 0.507 e. The Kier molecular flexibility index (Phi) is 9.40. The molecule has 0 saturated heterocycles. The van der Waals surface area contributed by atoms with Crippen LogP contribution in [0.3, 0.4) is 0 Å². The number of nitrogens with one attached hydrogen (secondary N) is 3. The van der Waals surface area contributed by atoms with E-state index < -0.39 is 6.10 Å². The molecule has 5 aliphatic rings. The molecular weight excluding hydrogens is 719 g/mol. The van der Waals surface area contributed by atoms with Gasteiger partial charge in [-0.15, -0.1) is 0 Å². The molecule has 1 saturated carbocycles. The summed E-state index contributed by atoms with van der Waals surface area (Å²) in [5.74, 6) is 2.38. The zero-order valence-corrected chi connectivity index (χ0v) is 32.6. The number of ether oxygens (including phenoxy) is 4. The van der Waals surface area contributed by atoms with E-state index in [1.807, 2.05) is 31.4 Å². The van der Waals surface area contributed by atoms with Crippen LogP contribution in [0.2, 0.25) is 0 Å². The van der Waals surface area contributed by atoms with Crippen LogP contribution >= 0.6 is 0 Å². The van der Waals surface area contributed by atoms with Crippen LogP contribution in [-0.2, 0) is 24.0 Å². The predicted molar refractivity (Wildman–Crippen MR) is 220 cm³/mol. The molecule has 6 N–H and O–H groups in total. The summed E-state index contributed by atoms with van der Waals surface area (Å²) < 4.78 is 26.4. The Morgan fingerprint density at radius 1 is 0.877 bits per heavy atom. The molecule has 10 heteroatoms. The van der Waals surface area contributed by atoms with E-state index in [1.165, 1.54) is 34.9 Å². The number of aromatic amines is 1. The van der Waals surface area contributed by atoms with E-state index in [9.17, 15) is 15.3 Å². The smallest absolute Gasteiger partial charge is 0.160 e. The van der Waals surface area contributed by atoms with Crippen LogP contribution in [0.4, 0.5) is 0 Å². The number of hydrogen-bond acceptors (Lipinski definition) is 9. The number of likely N-dealkylation sites (N-methyl/N-ethyl adjacent to an activating group) is 1. The van der Waals surface area contributed by atoms with E-state index in [0.29, 0.717) is 50.8 Å². The molecule has 0 amide bonds. The van der Waals surface area contributed by atoms with Gasteiger partial charge in [-0.05, 0) is 126 Å². The van der Waals surface area contributed by atoms with Crippen molar-refractivity contribution in [3.8, 4) is 39.9 Å². The first kappa shape index (κ1) is 36.3. The zero-order chi connectivity index (χ0) is 38.8. The van der Waals surface area contributed by atoms with Gasteiger partial charge in [0.25, 0.3) is 0 Å². The Hall–Kier alpha value is -5.00. The fourth-order valence-electron chi connectivity index (χ4n) is 10.6. The standard InChI is InChI=1S/C47H51N3O7/c1-48-22-28-18-35-38(52)14-11-31-43(35)36(42(28)26-7-12-37-25(17-26)15-16-49-37)20-33-34-21-41(55-24-50-29-5-3-4-6-29)45(27-8-13-39(53)40(19-27)54-2)57-46(34)32-10-9-30(23-51)56-47(32)44(31)33/h7-8,11-19,29-30,36,41-42,45,48-53H,3-6,9-10,20-24H2,1-2H3/t30-,36-,41-,42+,45-/m1/s1. The molecular formula is C47H51N3O7. The molecule has 5 aromatic rings. The number of aromatic nitrogens is 1. The van der Waals surface area contributed by atoms with Crippen molar-refractivity contribution in [2.24, 2.45) is 0 Å². The van der Waals surface area contributed by atoms with Gasteiger partial charge in [0.1, 0.15) is 29.5 Å². The molecule has 2 aliphatic heterocycles. The number of hydrogen-bond donors (Lipinski definition) is 6. The van der Waals surface area contributed by atoms with Gasteiger partial charge in [0.05, 0.1) is 20.4 Å². The average molecular weight is 770 g/mol. The highest BCUT2D eigenvalue weighted by Gasteiger charge is 2.45. The van der Waals surface area contributed by atoms with Gasteiger partial charge in [0.2, 0.25) is 0 Å². The van der Waals surface area contributed by atoms with E-state index in [-0.39, 0.29) is 42.1 Å². The van der Waals surface area contributed by atoms with Crippen LogP contribution in [0.5, 0.6) is 28.7 Å². The third-order valence-corrected chi connectivity index (χ3v) is 13.2. The maximum atomic E-state index is 11.5. The number of methoxy groups -OCH3 is 1. The van der Waals surface area contributed by atoms with Crippen LogP contribution in [0.15, 0.2) is 66.4 Å². The lowest BCUT2D eigenvalue weighted by atomic mass is 9.63. The second-order valence-electron chi connectivity index (χ2n) is 16.5. The number of aromatic hydroxyl groups is 2. The Morgan fingerprint density at radius 2 is 1.72 bits per heavy atom. The Bertz CT molecular complexity index is 2380. The summed E-state index contributed by atoms with van der Waals surface area (Å²) in [6.45, 7) is 1.00. The number of aliphatic hydroxyl groups excluding tert-OH is 1. The van der Waals surface area contributed by atoms with Gasteiger partial charge >= 0.3 is 0 Å². The van der Waals surface area contributed by atoms with E-state index >= 15 is 0 Å². The minimum absolute atomic E-state index is 0.0150. The lowest BCUT2D eigenvalue weighted by Crippen LogP contribution is -2.39. The molecule has 10 nitrogen and oxygen atoms in total. The first-order valence-corrected chi connectivity index (χ1v) is 20.6. The third-order valence-electron chi connectivity index (χ3n) is 13.2. The fourth-order valence-corrected chi connectivity index (χ4v) is 10.6. The summed E-state index contributed by atoms with van der Waals surface area (Å²) in [5, 5.41) is 40.8. The lowest BCUT2D eigenvalue weighted by molar-refractivity contribution is -0.0476. The lowest BCUT2D eigenvalue weighted by Gasteiger charge is -2.44. The highest BCUT2D eigenvalue weighted by Crippen LogP contribution is 2.60. The van der Waals surface area contributed by atoms with Gasteiger partial charge in [-0.2, -0.15) is 0 Å². The summed E-state index contributed by atoms with van der Waals surface area (Å²) in [7, 11) is 3.54. The van der Waals surface area contributed by atoms with Crippen molar-refractivity contribution < 1.29 is 34.3 Å². The number of fused-ring (bicyclic) bond motifs is 8. The molecule has 0 unspecified atom stereocenters. The topological polar surface area (TPSA) is 137 Å². The average Bonchev–Trinajstić information content (AvgIpc) is 3.94. The Labute approximate surface area is 332 Å². The van der Waals surface area contributed by atoms with E-state index in [2.05, 4.69) is 52.0 Å². The monoisotopic (exact) mass is 769 g/mol. The predicted octanol–water partition coefficient (Wildman–Crippen LogP) is 7.53. The Balaban J connectivity index is 1.15. The van der Waals surface area contributed by atoms with Crippen molar-refractivity contribution in [2.75, 3.05) is 34.0 Å². The molecule has 296 valence electrons. The van der Waals surface area contributed by atoms with Gasteiger partial charge in [-0.3, -0.25) is 5.32 Å². The summed E-state index contributed by atoms with van der Waals surface area (Å²) in [5.41, 5.74) is 11.8. The van der Waals surface area contributed by atoms with Crippen LogP contribution in [0.1, 0.15) is 89.0 Å². The molecule has 1 fully saturated rings. The van der Waals surface area contributed by atoms with Gasteiger partial charge < -0.3 is 44.6 Å². The molecule has 0 radical (unpaired) electrons. The summed E-state index contributed by atoms with van der Waals surface area (Å²) in [4.78, 5) is 3.36. The minimum atomic E-state index is -0.477. The molecule has 5 atom stereocenters. The first-order valence-electron chi connectivity index (χ1n) is 20.6. The molecule has 0 bridgehead atoms. The van der Waals surface area contributed by atoms with Gasteiger partial charge in [-0.25, -0.2) is 0 Å². The van der Waals surface area contributed by atoms with Crippen molar-refractivity contribution in [3.05, 3.63) is 105 Å². The zero-order valence-electron chi connectivity index (χ0n) is 32.6. The summed E-state index contributed by atoms with van der Waals surface area (Å²) in [6.07, 6.45) is 10.5. The molecule has 57 heavy (non-hydrogen) atoms. The van der Waals surface area contributed by atoms with Crippen molar-refractivity contribution in [2.45, 2.75) is 87.6 Å². The number of H-pyrrole nitrogens is 1. The second kappa shape index (κ2) is 14.7.